The first-order chi connectivity index (χ1) is 7.81. The Labute approximate surface area is 94.8 Å². The third kappa shape index (κ3) is 2.46. The largest absolute Gasteiger partial charge is 0.454 e. The van der Waals surface area contributed by atoms with Crippen molar-refractivity contribution in [1.82, 2.24) is 0 Å². The summed E-state index contributed by atoms with van der Waals surface area (Å²) >= 11 is 0. The Morgan fingerprint density at radius 2 is 2.19 bits per heavy atom. The Kier molecular flexibility index (Phi) is 3.64. The highest BCUT2D eigenvalue weighted by molar-refractivity contribution is 5.44. The number of aliphatic hydroxyl groups excluding tert-OH is 1. The van der Waals surface area contributed by atoms with Crippen molar-refractivity contribution in [2.24, 2.45) is 0 Å². The molecule has 0 spiro atoms. The van der Waals surface area contributed by atoms with Crippen LogP contribution in [0.5, 0.6) is 11.5 Å². The van der Waals surface area contributed by atoms with Crippen LogP contribution in [0.1, 0.15) is 24.5 Å². The summed E-state index contributed by atoms with van der Waals surface area (Å²) in [5.74, 6) is 1.45. The number of rotatable bonds is 5. The van der Waals surface area contributed by atoms with E-state index < -0.39 is 6.10 Å². The summed E-state index contributed by atoms with van der Waals surface area (Å²) < 4.78 is 15.4. The minimum atomic E-state index is -0.468. The number of fused-ring (bicyclic) bond motifs is 1. The molecule has 4 nitrogen and oxygen atoms in total. The minimum absolute atomic E-state index is 0.262. The molecule has 0 aliphatic carbocycles. The lowest BCUT2D eigenvalue weighted by Gasteiger charge is -2.11. The van der Waals surface area contributed by atoms with Gasteiger partial charge in [-0.15, -0.1) is 0 Å². The fourth-order valence-corrected chi connectivity index (χ4v) is 1.71. The molecule has 1 aliphatic heterocycles. The smallest absolute Gasteiger partial charge is 0.231 e. The van der Waals surface area contributed by atoms with E-state index in [4.69, 9.17) is 14.2 Å². The van der Waals surface area contributed by atoms with Gasteiger partial charge in [0.05, 0.1) is 6.10 Å². The summed E-state index contributed by atoms with van der Waals surface area (Å²) in [4.78, 5) is 0. The summed E-state index contributed by atoms with van der Waals surface area (Å²) in [6, 6.07) is 5.53. The van der Waals surface area contributed by atoms with Crippen molar-refractivity contribution < 1.29 is 19.3 Å². The molecule has 4 heteroatoms. The van der Waals surface area contributed by atoms with Gasteiger partial charge in [0, 0.05) is 13.7 Å². The van der Waals surface area contributed by atoms with Gasteiger partial charge in [0.1, 0.15) is 0 Å². The molecule has 0 aromatic heterocycles. The maximum Gasteiger partial charge on any atom is 0.231 e. The van der Waals surface area contributed by atoms with Crippen molar-refractivity contribution in [2.75, 3.05) is 20.5 Å². The van der Waals surface area contributed by atoms with E-state index in [1.807, 2.05) is 18.2 Å². The molecule has 88 valence electrons. The SMILES string of the molecule is COCCCC(O)c1ccc2c(c1)OCO2. The Morgan fingerprint density at radius 3 is 3.00 bits per heavy atom. The molecule has 0 saturated carbocycles. The van der Waals surface area contributed by atoms with E-state index in [2.05, 4.69) is 0 Å². The van der Waals surface area contributed by atoms with Gasteiger partial charge in [-0.1, -0.05) is 6.07 Å². The first kappa shape index (κ1) is 11.2. The molecule has 0 saturated heterocycles. The maximum absolute atomic E-state index is 9.93. The van der Waals surface area contributed by atoms with Crippen molar-refractivity contribution in [3.8, 4) is 11.5 Å². The Bertz CT molecular complexity index is 351. The molecule has 0 radical (unpaired) electrons. The monoisotopic (exact) mass is 224 g/mol. The summed E-state index contributed by atoms with van der Waals surface area (Å²) in [7, 11) is 1.66. The third-order valence-corrected chi connectivity index (χ3v) is 2.61. The van der Waals surface area contributed by atoms with Gasteiger partial charge < -0.3 is 19.3 Å². The van der Waals surface area contributed by atoms with Crippen LogP contribution in [0.25, 0.3) is 0 Å². The van der Waals surface area contributed by atoms with Crippen LogP contribution in [0.4, 0.5) is 0 Å². The second-order valence-corrected chi connectivity index (χ2v) is 3.76. The predicted molar refractivity (Wildman–Crippen MR) is 58.6 cm³/mol. The second kappa shape index (κ2) is 5.18. The normalized spacial score (nSPS) is 15.1. The van der Waals surface area contributed by atoms with E-state index >= 15 is 0 Å². The van der Waals surface area contributed by atoms with Crippen molar-refractivity contribution in [1.29, 1.82) is 0 Å². The Morgan fingerprint density at radius 1 is 1.38 bits per heavy atom. The topological polar surface area (TPSA) is 47.9 Å². The molecule has 0 bridgehead atoms. The number of methoxy groups -OCH3 is 1. The number of aliphatic hydroxyl groups is 1. The summed E-state index contributed by atoms with van der Waals surface area (Å²) in [6.45, 7) is 0.931. The van der Waals surface area contributed by atoms with Crippen molar-refractivity contribution in [3.63, 3.8) is 0 Å². The van der Waals surface area contributed by atoms with E-state index in [-0.39, 0.29) is 6.79 Å². The van der Waals surface area contributed by atoms with Crippen LogP contribution in [0.15, 0.2) is 18.2 Å². The zero-order chi connectivity index (χ0) is 11.4. The first-order valence-corrected chi connectivity index (χ1v) is 5.38. The third-order valence-electron chi connectivity index (χ3n) is 2.61. The summed E-state index contributed by atoms with van der Waals surface area (Å²) in [6.07, 6.45) is 1.06. The lowest BCUT2D eigenvalue weighted by molar-refractivity contribution is 0.136. The molecule has 1 N–H and O–H groups in total. The van der Waals surface area contributed by atoms with Crippen molar-refractivity contribution >= 4 is 0 Å². The van der Waals surface area contributed by atoms with Gasteiger partial charge in [0.2, 0.25) is 6.79 Å². The number of benzene rings is 1. The van der Waals surface area contributed by atoms with Gasteiger partial charge in [-0.2, -0.15) is 0 Å². The molecule has 0 fully saturated rings. The highest BCUT2D eigenvalue weighted by Crippen LogP contribution is 2.34. The van der Waals surface area contributed by atoms with Crippen LogP contribution in [-0.4, -0.2) is 25.6 Å². The van der Waals surface area contributed by atoms with Gasteiger partial charge in [-0.25, -0.2) is 0 Å². The van der Waals surface area contributed by atoms with Crippen LogP contribution in [-0.2, 0) is 4.74 Å². The van der Waals surface area contributed by atoms with Crippen LogP contribution < -0.4 is 9.47 Å². The second-order valence-electron chi connectivity index (χ2n) is 3.76. The minimum Gasteiger partial charge on any atom is -0.454 e. The Hall–Kier alpha value is -1.26. The van der Waals surface area contributed by atoms with E-state index in [0.717, 1.165) is 17.7 Å². The van der Waals surface area contributed by atoms with Crippen LogP contribution in [0, 0.1) is 0 Å². The Balaban J connectivity index is 1.98. The highest BCUT2D eigenvalue weighted by Gasteiger charge is 2.16. The van der Waals surface area contributed by atoms with E-state index in [9.17, 15) is 5.11 Å². The first-order valence-electron chi connectivity index (χ1n) is 5.38. The van der Waals surface area contributed by atoms with E-state index in [1.165, 1.54) is 0 Å². The molecule has 0 amide bonds. The van der Waals surface area contributed by atoms with Crippen molar-refractivity contribution in [3.05, 3.63) is 23.8 Å². The van der Waals surface area contributed by atoms with Gasteiger partial charge >= 0.3 is 0 Å². The lowest BCUT2D eigenvalue weighted by atomic mass is 10.0. The van der Waals surface area contributed by atoms with Crippen LogP contribution in [0.3, 0.4) is 0 Å². The molecular weight excluding hydrogens is 208 g/mol. The van der Waals surface area contributed by atoms with Gasteiger partial charge in [-0.3, -0.25) is 0 Å². The quantitative estimate of drug-likeness (QED) is 0.776. The van der Waals surface area contributed by atoms with E-state index in [0.29, 0.717) is 18.8 Å². The molecular formula is C12H16O4. The molecule has 1 atom stereocenters. The average Bonchev–Trinajstić information content (AvgIpc) is 2.76. The fraction of sp³-hybridized carbons (Fsp3) is 0.500. The lowest BCUT2D eigenvalue weighted by Crippen LogP contribution is -1.99. The molecule has 1 aromatic rings. The standard InChI is InChI=1S/C12H16O4/c1-14-6-2-3-10(13)9-4-5-11-12(7-9)16-8-15-11/h4-5,7,10,13H,2-3,6,8H2,1H3. The predicted octanol–water partition coefficient (Wildman–Crippen LogP) is 1.88. The molecule has 2 rings (SSSR count). The fourth-order valence-electron chi connectivity index (χ4n) is 1.71. The molecule has 1 aromatic carbocycles. The van der Waals surface area contributed by atoms with E-state index in [1.54, 1.807) is 7.11 Å². The highest BCUT2D eigenvalue weighted by atomic mass is 16.7. The number of hydrogen-bond acceptors (Lipinski definition) is 4. The van der Waals surface area contributed by atoms with Crippen LogP contribution in [0.2, 0.25) is 0 Å². The van der Waals surface area contributed by atoms with Gasteiger partial charge in [0.15, 0.2) is 11.5 Å². The number of hydrogen-bond donors (Lipinski definition) is 1. The average molecular weight is 224 g/mol. The van der Waals surface area contributed by atoms with Crippen LogP contribution >= 0.6 is 0 Å². The number of ether oxygens (including phenoxy) is 3. The van der Waals surface area contributed by atoms with Gasteiger partial charge in [0.25, 0.3) is 0 Å². The molecule has 16 heavy (non-hydrogen) atoms. The zero-order valence-electron chi connectivity index (χ0n) is 9.31. The maximum atomic E-state index is 9.93. The summed E-state index contributed by atoms with van der Waals surface area (Å²) in [5.41, 5.74) is 0.861. The summed E-state index contributed by atoms with van der Waals surface area (Å²) in [5, 5.41) is 9.93. The molecule has 1 unspecified atom stereocenters. The molecule has 1 aliphatic rings. The zero-order valence-corrected chi connectivity index (χ0v) is 9.31. The van der Waals surface area contributed by atoms with Crippen molar-refractivity contribution in [2.45, 2.75) is 18.9 Å². The molecule has 1 heterocycles. The van der Waals surface area contributed by atoms with Gasteiger partial charge in [-0.05, 0) is 30.5 Å².